The van der Waals surface area contributed by atoms with Crippen LogP contribution in [0.1, 0.15) is 38.9 Å². The lowest BCUT2D eigenvalue weighted by Gasteiger charge is -2.29. The summed E-state index contributed by atoms with van der Waals surface area (Å²) in [6.45, 7) is 6.27. The quantitative estimate of drug-likeness (QED) is 0.870. The molecule has 2 heteroatoms. The maximum Gasteiger partial charge on any atom is 0.0841 e. The van der Waals surface area contributed by atoms with Gasteiger partial charge in [0.05, 0.1) is 11.6 Å². The Morgan fingerprint density at radius 2 is 2.06 bits per heavy atom. The number of aliphatic hydroxyl groups is 1. The molecule has 2 aromatic rings. The Kier molecular flexibility index (Phi) is 3.16. The topological polar surface area (TPSA) is 33.1 Å². The van der Waals surface area contributed by atoms with Gasteiger partial charge in [-0.1, -0.05) is 39.0 Å². The summed E-state index contributed by atoms with van der Waals surface area (Å²) in [5.74, 6) is 0. The van der Waals surface area contributed by atoms with Gasteiger partial charge >= 0.3 is 0 Å². The molecular formula is C15H19NO. The van der Waals surface area contributed by atoms with Gasteiger partial charge in [-0.2, -0.15) is 0 Å². The molecule has 1 atom stereocenters. The Morgan fingerprint density at radius 3 is 2.76 bits per heavy atom. The van der Waals surface area contributed by atoms with Gasteiger partial charge < -0.3 is 5.11 Å². The molecule has 2 nitrogen and oxygen atoms in total. The highest BCUT2D eigenvalue weighted by Gasteiger charge is 2.27. The van der Waals surface area contributed by atoms with Gasteiger partial charge in [0.25, 0.3) is 0 Å². The monoisotopic (exact) mass is 229 g/mol. The largest absolute Gasteiger partial charge is 0.388 e. The average molecular weight is 229 g/mol. The maximum absolute atomic E-state index is 10.4. The van der Waals surface area contributed by atoms with Gasteiger partial charge in [-0.15, -0.1) is 0 Å². The Balaban J connectivity index is 2.43. The molecule has 1 N–H and O–H groups in total. The minimum Gasteiger partial charge on any atom is -0.388 e. The number of aliphatic hydroxyl groups excluding tert-OH is 1. The summed E-state index contributed by atoms with van der Waals surface area (Å²) in [6.07, 6.45) is 2.27. The molecule has 90 valence electrons. The number of hydrogen-bond donors (Lipinski definition) is 1. The first-order valence-electron chi connectivity index (χ1n) is 6.07. The molecule has 1 aromatic carbocycles. The number of nitrogens with zero attached hydrogens (tertiary/aromatic N) is 1. The first-order valence-corrected chi connectivity index (χ1v) is 6.07. The molecule has 1 aromatic heterocycles. The summed E-state index contributed by atoms with van der Waals surface area (Å²) >= 11 is 0. The van der Waals surface area contributed by atoms with Crippen molar-refractivity contribution in [3.8, 4) is 0 Å². The van der Waals surface area contributed by atoms with E-state index in [-0.39, 0.29) is 5.41 Å². The van der Waals surface area contributed by atoms with Crippen LogP contribution < -0.4 is 0 Å². The summed E-state index contributed by atoms with van der Waals surface area (Å²) in [6, 6.07) is 9.95. The summed E-state index contributed by atoms with van der Waals surface area (Å²) in [5.41, 5.74) is 1.78. The molecule has 0 fully saturated rings. The summed E-state index contributed by atoms with van der Waals surface area (Å²) < 4.78 is 0. The fraction of sp³-hybridized carbons (Fsp3) is 0.400. The van der Waals surface area contributed by atoms with Crippen LogP contribution in [0.15, 0.2) is 36.5 Å². The zero-order valence-corrected chi connectivity index (χ0v) is 10.6. The molecule has 1 unspecified atom stereocenters. The molecule has 0 aliphatic heterocycles. The molecule has 0 spiro atoms. The van der Waals surface area contributed by atoms with E-state index in [9.17, 15) is 5.11 Å². The van der Waals surface area contributed by atoms with E-state index in [0.29, 0.717) is 0 Å². The van der Waals surface area contributed by atoms with Crippen molar-refractivity contribution in [2.24, 2.45) is 5.41 Å². The molecule has 0 aliphatic rings. The van der Waals surface area contributed by atoms with Crippen LogP contribution in [0.5, 0.6) is 0 Å². The van der Waals surface area contributed by atoms with Gasteiger partial charge in [0.2, 0.25) is 0 Å². The molecule has 0 amide bonds. The van der Waals surface area contributed by atoms with Gasteiger partial charge in [-0.25, -0.2) is 0 Å². The minimum absolute atomic E-state index is 0.109. The average Bonchev–Trinajstić information content (AvgIpc) is 2.37. The lowest BCUT2D eigenvalue weighted by molar-refractivity contribution is 0.0466. The van der Waals surface area contributed by atoms with Gasteiger partial charge in [0, 0.05) is 11.6 Å². The Bertz CT molecular complexity index is 519. The van der Waals surface area contributed by atoms with Crippen LogP contribution in [0.2, 0.25) is 0 Å². The van der Waals surface area contributed by atoms with Gasteiger partial charge in [-0.3, -0.25) is 4.98 Å². The van der Waals surface area contributed by atoms with Crippen molar-refractivity contribution >= 4 is 10.9 Å². The second-order valence-corrected chi connectivity index (χ2v) is 5.20. The van der Waals surface area contributed by atoms with E-state index in [2.05, 4.69) is 25.8 Å². The summed E-state index contributed by atoms with van der Waals surface area (Å²) in [4.78, 5) is 4.32. The standard InChI is InChI=1S/C15H19NO/c1-4-15(2,3)14(17)12-8-7-11-6-5-9-16-13(11)10-12/h5-10,14,17H,4H2,1-3H3. The molecule has 0 aliphatic carbocycles. The number of fused-ring (bicyclic) bond motifs is 1. The van der Waals surface area contributed by atoms with Gasteiger partial charge in [-0.05, 0) is 29.5 Å². The van der Waals surface area contributed by atoms with Crippen molar-refractivity contribution < 1.29 is 5.11 Å². The number of benzene rings is 1. The Hall–Kier alpha value is -1.41. The van der Waals surface area contributed by atoms with Crippen LogP contribution in [0.4, 0.5) is 0 Å². The molecule has 17 heavy (non-hydrogen) atoms. The number of pyridine rings is 1. The smallest absolute Gasteiger partial charge is 0.0841 e. The van der Waals surface area contributed by atoms with Crippen molar-refractivity contribution in [1.82, 2.24) is 4.98 Å². The number of rotatable bonds is 3. The van der Waals surface area contributed by atoms with Crippen molar-refractivity contribution in [2.45, 2.75) is 33.3 Å². The fourth-order valence-electron chi connectivity index (χ4n) is 1.90. The third kappa shape index (κ3) is 2.32. The van der Waals surface area contributed by atoms with Crippen LogP contribution in [0.3, 0.4) is 0 Å². The van der Waals surface area contributed by atoms with E-state index in [0.717, 1.165) is 22.9 Å². The lowest BCUT2D eigenvalue weighted by atomic mass is 9.80. The van der Waals surface area contributed by atoms with E-state index in [1.165, 1.54) is 0 Å². The van der Waals surface area contributed by atoms with Gasteiger partial charge in [0.1, 0.15) is 0 Å². The molecular weight excluding hydrogens is 210 g/mol. The maximum atomic E-state index is 10.4. The number of hydrogen-bond acceptors (Lipinski definition) is 2. The second-order valence-electron chi connectivity index (χ2n) is 5.20. The van der Waals surface area contributed by atoms with E-state index in [1.807, 2.05) is 30.3 Å². The van der Waals surface area contributed by atoms with Gasteiger partial charge in [0.15, 0.2) is 0 Å². The highest BCUT2D eigenvalue weighted by Crippen LogP contribution is 2.36. The lowest BCUT2D eigenvalue weighted by Crippen LogP contribution is -2.20. The molecule has 0 radical (unpaired) electrons. The highest BCUT2D eigenvalue weighted by atomic mass is 16.3. The Labute approximate surface area is 102 Å². The summed E-state index contributed by atoms with van der Waals surface area (Å²) in [5, 5.41) is 11.5. The molecule has 0 saturated heterocycles. The van der Waals surface area contributed by atoms with E-state index < -0.39 is 6.10 Å². The molecule has 0 bridgehead atoms. The second kappa shape index (κ2) is 4.46. The van der Waals surface area contributed by atoms with Crippen molar-refractivity contribution in [2.75, 3.05) is 0 Å². The minimum atomic E-state index is -0.445. The molecule has 0 saturated carbocycles. The van der Waals surface area contributed by atoms with Crippen molar-refractivity contribution in [3.63, 3.8) is 0 Å². The fourth-order valence-corrected chi connectivity index (χ4v) is 1.90. The zero-order chi connectivity index (χ0) is 12.5. The molecule has 2 rings (SSSR count). The van der Waals surface area contributed by atoms with Crippen LogP contribution in [-0.2, 0) is 0 Å². The van der Waals surface area contributed by atoms with Crippen molar-refractivity contribution in [3.05, 3.63) is 42.1 Å². The number of aromatic nitrogens is 1. The first-order chi connectivity index (χ1) is 8.04. The van der Waals surface area contributed by atoms with E-state index >= 15 is 0 Å². The van der Waals surface area contributed by atoms with Crippen LogP contribution in [-0.4, -0.2) is 10.1 Å². The van der Waals surface area contributed by atoms with Crippen LogP contribution in [0, 0.1) is 5.41 Å². The van der Waals surface area contributed by atoms with Crippen molar-refractivity contribution in [1.29, 1.82) is 0 Å². The van der Waals surface area contributed by atoms with Crippen LogP contribution >= 0.6 is 0 Å². The third-order valence-electron chi connectivity index (χ3n) is 3.60. The highest BCUT2D eigenvalue weighted by molar-refractivity contribution is 5.78. The summed E-state index contributed by atoms with van der Waals surface area (Å²) in [7, 11) is 0. The molecule has 1 heterocycles. The van der Waals surface area contributed by atoms with E-state index in [1.54, 1.807) is 6.20 Å². The normalized spacial score (nSPS) is 13.9. The predicted molar refractivity (Wildman–Crippen MR) is 70.8 cm³/mol. The van der Waals surface area contributed by atoms with Crippen LogP contribution in [0.25, 0.3) is 10.9 Å². The predicted octanol–water partition coefficient (Wildman–Crippen LogP) is 3.70. The Morgan fingerprint density at radius 1 is 1.29 bits per heavy atom. The SMILES string of the molecule is CCC(C)(C)C(O)c1ccc2cccnc2c1. The van der Waals surface area contributed by atoms with E-state index in [4.69, 9.17) is 0 Å². The first kappa shape index (κ1) is 12.1. The third-order valence-corrected chi connectivity index (χ3v) is 3.60. The zero-order valence-electron chi connectivity index (χ0n) is 10.6.